The van der Waals surface area contributed by atoms with E-state index < -0.39 is 15.9 Å². The molecule has 8 heteroatoms. The van der Waals surface area contributed by atoms with Gasteiger partial charge < -0.3 is 14.5 Å². The highest BCUT2D eigenvalue weighted by atomic mass is 32.2. The summed E-state index contributed by atoms with van der Waals surface area (Å²) in [6.07, 6.45) is 0. The monoisotopic (exact) mass is 428 g/mol. The summed E-state index contributed by atoms with van der Waals surface area (Å²) in [5.74, 6) is 1.37. The van der Waals surface area contributed by atoms with Crippen molar-refractivity contribution in [2.24, 2.45) is 0 Å². The number of benzene rings is 2. The number of aryl methyl sites for hydroxylation is 2. The second-order valence-electron chi connectivity index (χ2n) is 6.93. The van der Waals surface area contributed by atoms with Gasteiger partial charge in [-0.2, -0.15) is 0 Å². The van der Waals surface area contributed by atoms with Gasteiger partial charge in [0.1, 0.15) is 17.3 Å². The number of hydrogen-bond acceptors (Lipinski definition) is 5. The average Bonchev–Trinajstić information content (AvgIpc) is 3.14. The maximum atomic E-state index is 13.0. The van der Waals surface area contributed by atoms with Gasteiger partial charge in [0.2, 0.25) is 0 Å². The van der Waals surface area contributed by atoms with Crippen molar-refractivity contribution >= 4 is 21.6 Å². The molecule has 0 saturated heterocycles. The number of nitrogens with one attached hydrogen (secondary N) is 2. The van der Waals surface area contributed by atoms with Gasteiger partial charge in [-0.05, 0) is 62.7 Å². The van der Waals surface area contributed by atoms with Crippen molar-refractivity contribution in [2.75, 3.05) is 11.8 Å². The van der Waals surface area contributed by atoms with Crippen LogP contribution in [0.4, 0.5) is 5.69 Å². The van der Waals surface area contributed by atoms with E-state index >= 15 is 0 Å². The number of para-hydroxylation sites is 2. The van der Waals surface area contributed by atoms with Crippen LogP contribution in [0.1, 0.15) is 40.4 Å². The fourth-order valence-corrected chi connectivity index (χ4v) is 4.34. The Balaban J connectivity index is 1.86. The number of furan rings is 1. The zero-order valence-electron chi connectivity index (χ0n) is 17.2. The summed E-state index contributed by atoms with van der Waals surface area (Å²) >= 11 is 0. The molecule has 1 aromatic heterocycles. The Labute approximate surface area is 176 Å². The molecule has 0 bridgehead atoms. The molecule has 0 spiro atoms. The first-order chi connectivity index (χ1) is 14.2. The van der Waals surface area contributed by atoms with Crippen molar-refractivity contribution in [2.45, 2.75) is 31.7 Å². The molecule has 7 nitrogen and oxygen atoms in total. The third kappa shape index (κ3) is 4.65. The van der Waals surface area contributed by atoms with Gasteiger partial charge in [-0.1, -0.05) is 18.2 Å². The first-order valence-corrected chi connectivity index (χ1v) is 10.8. The third-order valence-electron chi connectivity index (χ3n) is 4.63. The topological polar surface area (TPSA) is 97.6 Å². The fraction of sp³-hybridized carbons (Fsp3) is 0.227. The zero-order chi connectivity index (χ0) is 21.9. The van der Waals surface area contributed by atoms with E-state index in [0.29, 0.717) is 22.8 Å². The van der Waals surface area contributed by atoms with E-state index in [9.17, 15) is 13.2 Å². The Morgan fingerprint density at radius 2 is 1.80 bits per heavy atom. The summed E-state index contributed by atoms with van der Waals surface area (Å²) in [6.45, 7) is 5.29. The molecule has 0 fully saturated rings. The third-order valence-corrected chi connectivity index (χ3v) is 6.13. The Morgan fingerprint density at radius 3 is 2.47 bits per heavy atom. The molecule has 2 N–H and O–H groups in total. The predicted octanol–water partition coefficient (Wildman–Crippen LogP) is 4.20. The summed E-state index contributed by atoms with van der Waals surface area (Å²) in [5.41, 5.74) is 1.07. The maximum absolute atomic E-state index is 13.0. The van der Waals surface area contributed by atoms with Crippen LogP contribution >= 0.6 is 0 Å². The molecule has 3 aromatic rings. The van der Waals surface area contributed by atoms with Crippen LogP contribution in [0.3, 0.4) is 0 Å². The SMILES string of the molecule is COc1ccccc1NS(=O)(=O)c1cc(C(=O)NC(C)c2ccc(C)o2)ccc1C. The minimum Gasteiger partial charge on any atom is -0.495 e. The molecular formula is C22H24N2O5S. The molecule has 1 heterocycles. The van der Waals surface area contributed by atoms with E-state index in [2.05, 4.69) is 10.0 Å². The molecular weight excluding hydrogens is 404 g/mol. The lowest BCUT2D eigenvalue weighted by molar-refractivity contribution is 0.0935. The molecule has 0 aliphatic carbocycles. The van der Waals surface area contributed by atoms with Gasteiger partial charge in [-0.15, -0.1) is 0 Å². The minimum atomic E-state index is -3.94. The highest BCUT2D eigenvalue weighted by molar-refractivity contribution is 7.92. The molecule has 1 unspecified atom stereocenters. The largest absolute Gasteiger partial charge is 0.495 e. The number of methoxy groups -OCH3 is 1. The number of carbonyl (C=O) groups excluding carboxylic acids is 1. The lowest BCUT2D eigenvalue weighted by Crippen LogP contribution is -2.27. The lowest BCUT2D eigenvalue weighted by Gasteiger charge is -2.15. The number of hydrogen-bond donors (Lipinski definition) is 2. The first kappa shape index (κ1) is 21.4. The van der Waals surface area contributed by atoms with Gasteiger partial charge >= 0.3 is 0 Å². The van der Waals surface area contributed by atoms with Crippen LogP contribution in [0.2, 0.25) is 0 Å². The van der Waals surface area contributed by atoms with Crippen molar-refractivity contribution in [1.82, 2.24) is 5.32 Å². The van der Waals surface area contributed by atoms with Crippen LogP contribution in [0, 0.1) is 13.8 Å². The van der Waals surface area contributed by atoms with E-state index in [1.165, 1.54) is 13.2 Å². The Hall–Kier alpha value is -3.26. The van der Waals surface area contributed by atoms with E-state index in [1.54, 1.807) is 56.3 Å². The average molecular weight is 429 g/mol. The number of amides is 1. The van der Waals surface area contributed by atoms with E-state index in [4.69, 9.17) is 9.15 Å². The van der Waals surface area contributed by atoms with Crippen molar-refractivity contribution in [3.63, 3.8) is 0 Å². The van der Waals surface area contributed by atoms with Gasteiger partial charge in [-0.25, -0.2) is 8.42 Å². The highest BCUT2D eigenvalue weighted by Gasteiger charge is 2.22. The Bertz CT molecular complexity index is 1170. The predicted molar refractivity (Wildman–Crippen MR) is 114 cm³/mol. The number of rotatable bonds is 7. The Kier molecular flexibility index (Phi) is 6.17. The van der Waals surface area contributed by atoms with Crippen molar-refractivity contribution in [3.05, 3.63) is 77.2 Å². The van der Waals surface area contributed by atoms with E-state index in [-0.39, 0.29) is 16.5 Å². The van der Waals surface area contributed by atoms with Gasteiger partial charge in [0.15, 0.2) is 0 Å². The second-order valence-corrected chi connectivity index (χ2v) is 8.58. The summed E-state index contributed by atoms with van der Waals surface area (Å²) in [7, 11) is -2.48. The van der Waals surface area contributed by atoms with E-state index in [1.807, 2.05) is 13.0 Å². The number of sulfonamides is 1. The normalized spacial score (nSPS) is 12.3. The minimum absolute atomic E-state index is 0.0163. The molecule has 1 amide bonds. The standard InChI is InChI=1S/C22H24N2O5S/c1-14-9-11-17(22(25)23-16(3)19-12-10-15(2)29-19)13-21(14)30(26,27)24-18-7-5-6-8-20(18)28-4/h5-13,16,24H,1-4H3,(H,23,25). The molecule has 0 saturated carbocycles. The summed E-state index contributed by atoms with van der Waals surface area (Å²) < 4.78 is 39.3. The number of anilines is 1. The van der Waals surface area contributed by atoms with Gasteiger partial charge in [0, 0.05) is 5.56 Å². The molecule has 0 aliphatic heterocycles. The van der Waals surface area contributed by atoms with Crippen LogP contribution in [-0.4, -0.2) is 21.4 Å². The quantitative estimate of drug-likeness (QED) is 0.588. The van der Waals surface area contributed by atoms with Gasteiger partial charge in [0.25, 0.3) is 15.9 Å². The lowest BCUT2D eigenvalue weighted by atomic mass is 10.1. The number of carbonyl (C=O) groups is 1. The van der Waals surface area contributed by atoms with Gasteiger partial charge in [-0.3, -0.25) is 9.52 Å². The van der Waals surface area contributed by atoms with Crippen LogP contribution in [-0.2, 0) is 10.0 Å². The van der Waals surface area contributed by atoms with E-state index in [0.717, 1.165) is 5.76 Å². The van der Waals surface area contributed by atoms with Crippen LogP contribution in [0.5, 0.6) is 5.75 Å². The summed E-state index contributed by atoms with van der Waals surface area (Å²) in [4.78, 5) is 12.7. The zero-order valence-corrected chi connectivity index (χ0v) is 18.0. The molecule has 2 aromatic carbocycles. The molecule has 0 aliphatic rings. The highest BCUT2D eigenvalue weighted by Crippen LogP contribution is 2.27. The Morgan fingerprint density at radius 1 is 1.07 bits per heavy atom. The van der Waals surface area contributed by atoms with Crippen molar-refractivity contribution in [1.29, 1.82) is 0 Å². The number of ether oxygens (including phenoxy) is 1. The molecule has 3 rings (SSSR count). The summed E-state index contributed by atoms with van der Waals surface area (Å²) in [5, 5.41) is 2.82. The molecule has 0 radical (unpaired) electrons. The second kappa shape index (κ2) is 8.62. The smallest absolute Gasteiger partial charge is 0.262 e. The van der Waals surface area contributed by atoms with Crippen LogP contribution < -0.4 is 14.8 Å². The molecule has 158 valence electrons. The molecule has 1 atom stereocenters. The first-order valence-electron chi connectivity index (χ1n) is 9.35. The van der Waals surface area contributed by atoms with Gasteiger partial charge in [0.05, 0.1) is 23.7 Å². The van der Waals surface area contributed by atoms with Crippen molar-refractivity contribution in [3.8, 4) is 5.75 Å². The van der Waals surface area contributed by atoms with Crippen LogP contribution in [0.25, 0.3) is 0 Å². The van der Waals surface area contributed by atoms with Crippen molar-refractivity contribution < 1.29 is 22.4 Å². The van der Waals surface area contributed by atoms with Crippen LogP contribution in [0.15, 0.2) is 63.9 Å². The molecule has 30 heavy (non-hydrogen) atoms. The fourth-order valence-electron chi connectivity index (χ4n) is 3.00. The summed E-state index contributed by atoms with van der Waals surface area (Å²) in [6, 6.07) is 14.5. The maximum Gasteiger partial charge on any atom is 0.262 e.